The average Bonchev–Trinajstić information content (AvgIpc) is 3.93. The van der Waals surface area contributed by atoms with Crippen molar-refractivity contribution in [3.63, 3.8) is 0 Å². The van der Waals surface area contributed by atoms with Crippen molar-refractivity contribution in [2.75, 3.05) is 99.9 Å². The van der Waals surface area contributed by atoms with Gasteiger partial charge in [0.05, 0.1) is 37.1 Å². The highest BCUT2D eigenvalue weighted by molar-refractivity contribution is 5.99. The molecule has 0 aliphatic carbocycles. The lowest BCUT2D eigenvalue weighted by molar-refractivity contribution is -0.132. The van der Waals surface area contributed by atoms with Crippen LogP contribution in [0.4, 0.5) is 23.7 Å². The van der Waals surface area contributed by atoms with Gasteiger partial charge in [0.1, 0.15) is 23.4 Å². The third-order valence-corrected chi connectivity index (χ3v) is 12.5. The van der Waals surface area contributed by atoms with Gasteiger partial charge in [-0.25, -0.2) is 34.6 Å². The summed E-state index contributed by atoms with van der Waals surface area (Å²) in [5, 5.41) is 5.60. The standard InChI is InChI=1S/C45H51N17O4/c46-21-30-22-49-44(50-23-30)60-14-12-58(13-15-60)37(63)6-17-65-18-16-57-8-10-59(11-9-57)45-51-24-34(25-52-45)42(64)61-7-5-31-19-29(1-2-33(31)27-61)26-62-41-38(40(47)53-28-54-41)39(56-62)32-3-4-36-35(20-32)55-43(48)66-36/h1-4,19-20,22-25,28H,5-18,21,26-27,46H2,(H2,48,55)(H2,47,53,54). The molecule has 10 rings (SSSR count). The molecule has 21 nitrogen and oxygen atoms in total. The first-order valence-corrected chi connectivity index (χ1v) is 22.2. The fourth-order valence-electron chi connectivity index (χ4n) is 8.82. The number of carbonyl (C=O) groups is 2. The molecule has 2 aromatic carbocycles. The maximum Gasteiger partial charge on any atom is 0.292 e. The van der Waals surface area contributed by atoms with Crippen molar-refractivity contribution >= 4 is 57.7 Å². The fourth-order valence-corrected chi connectivity index (χ4v) is 8.82. The lowest BCUT2D eigenvalue weighted by Gasteiger charge is -2.35. The highest BCUT2D eigenvalue weighted by atomic mass is 16.5. The van der Waals surface area contributed by atoms with Gasteiger partial charge in [-0.15, -0.1) is 0 Å². The highest BCUT2D eigenvalue weighted by Crippen LogP contribution is 2.33. The molecule has 5 aromatic heterocycles. The zero-order chi connectivity index (χ0) is 45.1. The van der Waals surface area contributed by atoms with E-state index in [0.717, 1.165) is 55.0 Å². The average molecular weight is 894 g/mol. The van der Waals surface area contributed by atoms with E-state index in [1.54, 1.807) is 24.8 Å². The Morgan fingerprint density at radius 3 is 2.24 bits per heavy atom. The van der Waals surface area contributed by atoms with E-state index < -0.39 is 0 Å². The lowest BCUT2D eigenvalue weighted by Crippen LogP contribution is -2.49. The van der Waals surface area contributed by atoms with Crippen molar-refractivity contribution in [1.29, 1.82) is 0 Å². The van der Waals surface area contributed by atoms with Gasteiger partial charge in [0.25, 0.3) is 11.9 Å². The molecular formula is C45H51N17O4. The summed E-state index contributed by atoms with van der Waals surface area (Å²) in [6.07, 6.45) is 9.29. The molecule has 0 saturated carbocycles. The number of nitrogens with zero attached hydrogens (tertiary/aromatic N) is 14. The van der Waals surface area contributed by atoms with Crippen LogP contribution in [0.5, 0.6) is 0 Å². The van der Waals surface area contributed by atoms with Crippen LogP contribution in [0.2, 0.25) is 0 Å². The molecule has 2 fully saturated rings. The lowest BCUT2D eigenvalue weighted by atomic mass is 9.97. The van der Waals surface area contributed by atoms with Crippen LogP contribution in [-0.2, 0) is 35.6 Å². The molecule has 2 saturated heterocycles. The minimum absolute atomic E-state index is 0.0928. The quantitative estimate of drug-likeness (QED) is 0.140. The molecule has 3 aliphatic heterocycles. The smallest absolute Gasteiger partial charge is 0.292 e. The second-order valence-electron chi connectivity index (χ2n) is 16.7. The van der Waals surface area contributed by atoms with E-state index in [-0.39, 0.29) is 17.8 Å². The van der Waals surface area contributed by atoms with Crippen LogP contribution in [0.25, 0.3) is 33.4 Å². The van der Waals surface area contributed by atoms with Crippen LogP contribution in [-0.4, -0.2) is 150 Å². The van der Waals surface area contributed by atoms with Gasteiger partial charge in [-0.2, -0.15) is 10.1 Å². The number of anilines is 4. The third kappa shape index (κ3) is 8.99. The van der Waals surface area contributed by atoms with Crippen LogP contribution in [0.1, 0.15) is 39.0 Å². The predicted octanol–water partition coefficient (Wildman–Crippen LogP) is 1.96. The third-order valence-electron chi connectivity index (χ3n) is 12.5. The number of rotatable bonds is 13. The number of benzene rings is 2. The summed E-state index contributed by atoms with van der Waals surface area (Å²) in [4.78, 5) is 67.9. The van der Waals surface area contributed by atoms with Gasteiger partial charge in [-0.1, -0.05) is 18.2 Å². The van der Waals surface area contributed by atoms with Crippen molar-refractivity contribution < 1.29 is 18.7 Å². The van der Waals surface area contributed by atoms with E-state index >= 15 is 0 Å². The molecule has 0 radical (unpaired) electrons. The molecule has 3 aliphatic rings. The Balaban J connectivity index is 0.667. The van der Waals surface area contributed by atoms with Crippen molar-refractivity contribution in [1.82, 2.24) is 59.4 Å². The SMILES string of the molecule is NCc1cnc(N2CCN(C(=O)CCOCCN3CCN(c4ncc(C(=O)N5CCc6cc(Cn7nc(-c8ccc9oc(N)nc9c8)c8c(N)ncnc87)ccc6C5)cn4)CC3)CC2)nc1. The minimum atomic E-state index is -0.0928. The molecule has 2 amide bonds. The maximum absolute atomic E-state index is 13.7. The number of hydrogen-bond donors (Lipinski definition) is 3. The number of piperazine rings is 2. The van der Waals surface area contributed by atoms with E-state index in [4.69, 9.17) is 31.5 Å². The number of hydrogen-bond acceptors (Lipinski definition) is 18. The summed E-state index contributed by atoms with van der Waals surface area (Å²) in [5.41, 5.74) is 25.8. The molecule has 0 bridgehead atoms. The predicted molar refractivity (Wildman–Crippen MR) is 246 cm³/mol. The molecule has 66 heavy (non-hydrogen) atoms. The minimum Gasteiger partial charge on any atom is -0.424 e. The molecular weight excluding hydrogens is 843 g/mol. The maximum atomic E-state index is 13.7. The van der Waals surface area contributed by atoms with Crippen LogP contribution in [0.3, 0.4) is 0 Å². The number of fused-ring (bicyclic) bond motifs is 3. The first-order valence-electron chi connectivity index (χ1n) is 22.2. The van der Waals surface area contributed by atoms with E-state index in [1.165, 1.54) is 11.9 Å². The van der Waals surface area contributed by atoms with Crippen LogP contribution < -0.4 is 27.0 Å². The summed E-state index contributed by atoms with van der Waals surface area (Å²) < 4.78 is 13.2. The molecule has 6 N–H and O–H groups in total. The Hall–Kier alpha value is -7.36. The Morgan fingerprint density at radius 2 is 1.48 bits per heavy atom. The number of carbonyl (C=O) groups excluding carboxylic acids is 2. The van der Waals surface area contributed by atoms with Gasteiger partial charge in [-0.3, -0.25) is 14.5 Å². The summed E-state index contributed by atoms with van der Waals surface area (Å²) in [6.45, 7) is 9.54. The van der Waals surface area contributed by atoms with Crippen LogP contribution in [0, 0.1) is 0 Å². The first-order chi connectivity index (χ1) is 32.3. The van der Waals surface area contributed by atoms with Gasteiger partial charge < -0.3 is 46.0 Å². The number of nitrogen functional groups attached to an aromatic ring is 2. The molecule has 0 spiro atoms. The van der Waals surface area contributed by atoms with Crippen molar-refractivity contribution in [2.24, 2.45) is 5.73 Å². The summed E-state index contributed by atoms with van der Waals surface area (Å²) >= 11 is 0. The fraction of sp³-hybridized carbons (Fsp3) is 0.378. The van der Waals surface area contributed by atoms with Gasteiger partial charge in [0.2, 0.25) is 17.8 Å². The largest absolute Gasteiger partial charge is 0.424 e. The monoisotopic (exact) mass is 893 g/mol. The van der Waals surface area contributed by atoms with E-state index in [0.29, 0.717) is 130 Å². The molecule has 340 valence electrons. The van der Waals surface area contributed by atoms with Crippen LogP contribution >= 0.6 is 0 Å². The topological polar surface area (TPSA) is 259 Å². The Labute approximate surface area is 379 Å². The van der Waals surface area contributed by atoms with E-state index in [1.807, 2.05) is 32.7 Å². The van der Waals surface area contributed by atoms with Gasteiger partial charge in [-0.05, 0) is 41.3 Å². The van der Waals surface area contributed by atoms with Gasteiger partial charge >= 0.3 is 0 Å². The summed E-state index contributed by atoms with van der Waals surface area (Å²) in [6, 6.07) is 12.0. The molecule has 21 heteroatoms. The Bertz CT molecular complexity index is 2850. The molecule has 0 atom stereocenters. The van der Waals surface area contributed by atoms with Crippen LogP contribution in [0.15, 0.2) is 71.9 Å². The normalized spacial score (nSPS) is 15.8. The number of amides is 2. The van der Waals surface area contributed by atoms with Crippen molar-refractivity contribution in [3.05, 3.63) is 95.3 Å². The van der Waals surface area contributed by atoms with Gasteiger partial charge in [0, 0.05) is 114 Å². The summed E-state index contributed by atoms with van der Waals surface area (Å²) in [7, 11) is 0. The Morgan fingerprint density at radius 1 is 0.742 bits per heavy atom. The Kier molecular flexibility index (Phi) is 12.0. The second-order valence-corrected chi connectivity index (χ2v) is 16.7. The second kappa shape index (κ2) is 18.6. The molecule has 8 heterocycles. The number of oxazole rings is 1. The first kappa shape index (κ1) is 42.6. The zero-order valence-corrected chi connectivity index (χ0v) is 36.5. The number of ether oxygens (including phenoxy) is 1. The number of nitrogens with two attached hydrogens (primary N) is 3. The molecule has 0 unspecified atom stereocenters. The van der Waals surface area contributed by atoms with E-state index in [2.05, 4.69) is 67.8 Å². The van der Waals surface area contributed by atoms with Gasteiger partial charge in [0.15, 0.2) is 11.2 Å². The zero-order valence-electron chi connectivity index (χ0n) is 36.5. The summed E-state index contributed by atoms with van der Waals surface area (Å²) in [5.74, 6) is 1.63. The van der Waals surface area contributed by atoms with Crippen molar-refractivity contribution in [3.8, 4) is 11.3 Å². The highest BCUT2D eigenvalue weighted by Gasteiger charge is 2.26. The number of aromatic nitrogens is 9. The molecule has 7 aromatic rings. The van der Waals surface area contributed by atoms with E-state index in [9.17, 15) is 9.59 Å². The van der Waals surface area contributed by atoms with Crippen molar-refractivity contribution in [2.45, 2.75) is 32.5 Å².